The molecule has 26 heavy (non-hydrogen) atoms. The van der Waals surface area contributed by atoms with E-state index < -0.39 is 9.84 Å². The van der Waals surface area contributed by atoms with Crippen molar-refractivity contribution in [3.63, 3.8) is 0 Å². The molecule has 1 aliphatic heterocycles. The third-order valence-corrected chi connectivity index (χ3v) is 7.24. The molecule has 0 radical (unpaired) electrons. The van der Waals surface area contributed by atoms with Gasteiger partial charge in [0.1, 0.15) is 0 Å². The van der Waals surface area contributed by atoms with Crippen LogP contribution >= 0.6 is 11.8 Å². The zero-order valence-corrected chi connectivity index (χ0v) is 16.5. The molecule has 1 amide bonds. The van der Waals surface area contributed by atoms with E-state index in [0.717, 1.165) is 11.4 Å². The zero-order chi connectivity index (χ0) is 18.7. The first-order valence-electron chi connectivity index (χ1n) is 8.49. The van der Waals surface area contributed by atoms with E-state index in [2.05, 4.69) is 10.2 Å². The molecule has 2 aromatic rings. The van der Waals surface area contributed by atoms with E-state index in [0.29, 0.717) is 18.1 Å². The first-order valence-corrected chi connectivity index (χ1v) is 11.3. The van der Waals surface area contributed by atoms with E-state index in [1.807, 2.05) is 41.8 Å². The van der Waals surface area contributed by atoms with Crippen molar-refractivity contribution in [2.45, 2.75) is 31.1 Å². The highest BCUT2D eigenvalue weighted by molar-refractivity contribution is 7.99. The van der Waals surface area contributed by atoms with Gasteiger partial charge in [0.2, 0.25) is 5.91 Å². The summed E-state index contributed by atoms with van der Waals surface area (Å²) in [4.78, 5) is 14.0. The highest BCUT2D eigenvalue weighted by atomic mass is 32.2. The zero-order valence-electron chi connectivity index (χ0n) is 14.8. The van der Waals surface area contributed by atoms with Crippen LogP contribution in [0.4, 0.5) is 0 Å². The third kappa shape index (κ3) is 4.09. The van der Waals surface area contributed by atoms with Crippen LogP contribution in [0.2, 0.25) is 0 Å². The van der Waals surface area contributed by atoms with Crippen LogP contribution in [0.5, 0.6) is 0 Å². The number of thioether (sulfide) groups is 1. The fourth-order valence-electron chi connectivity index (χ4n) is 2.99. The van der Waals surface area contributed by atoms with Crippen molar-refractivity contribution in [3.8, 4) is 11.4 Å². The normalized spacial score (nSPS) is 18.8. The number of carbonyl (C=O) groups excluding carboxylic acids is 1. The number of hydrogen-bond donors (Lipinski definition) is 0. The SMILES string of the molecule is CCn1c(SCC(=O)N(C)[C@H]2CCS(=O)(=O)C2)nnc1-c1ccccc1. The van der Waals surface area contributed by atoms with Gasteiger partial charge in [-0.1, -0.05) is 42.1 Å². The minimum atomic E-state index is -3.01. The Labute approximate surface area is 157 Å². The van der Waals surface area contributed by atoms with Gasteiger partial charge in [-0.15, -0.1) is 10.2 Å². The van der Waals surface area contributed by atoms with Gasteiger partial charge in [-0.3, -0.25) is 4.79 Å². The molecule has 140 valence electrons. The maximum absolute atomic E-state index is 12.4. The number of rotatable bonds is 6. The van der Waals surface area contributed by atoms with Gasteiger partial charge < -0.3 is 9.47 Å². The van der Waals surface area contributed by atoms with Crippen LogP contribution in [-0.4, -0.2) is 64.3 Å². The molecule has 1 aromatic heterocycles. The summed E-state index contributed by atoms with van der Waals surface area (Å²) in [7, 11) is -1.33. The molecule has 0 N–H and O–H groups in total. The van der Waals surface area contributed by atoms with Crippen LogP contribution < -0.4 is 0 Å². The maximum Gasteiger partial charge on any atom is 0.233 e. The van der Waals surface area contributed by atoms with E-state index in [-0.39, 0.29) is 29.2 Å². The van der Waals surface area contributed by atoms with Gasteiger partial charge in [-0.05, 0) is 13.3 Å². The van der Waals surface area contributed by atoms with Gasteiger partial charge in [0.25, 0.3) is 0 Å². The molecular weight excluding hydrogens is 372 g/mol. The molecule has 3 rings (SSSR count). The molecular formula is C17H22N4O3S2. The molecule has 1 saturated heterocycles. The second kappa shape index (κ2) is 7.79. The first kappa shape index (κ1) is 18.9. The van der Waals surface area contributed by atoms with Crippen LogP contribution in [-0.2, 0) is 21.2 Å². The smallest absolute Gasteiger partial charge is 0.233 e. The van der Waals surface area contributed by atoms with Gasteiger partial charge in [0.15, 0.2) is 20.8 Å². The summed E-state index contributed by atoms with van der Waals surface area (Å²) in [5.41, 5.74) is 0.980. The Morgan fingerprint density at radius 3 is 2.65 bits per heavy atom. The maximum atomic E-state index is 12.4. The van der Waals surface area contributed by atoms with E-state index in [1.165, 1.54) is 11.8 Å². The molecule has 1 atom stereocenters. The average Bonchev–Trinajstić information content (AvgIpc) is 3.22. The summed E-state index contributed by atoms with van der Waals surface area (Å²) < 4.78 is 25.2. The monoisotopic (exact) mass is 394 g/mol. The van der Waals surface area contributed by atoms with Gasteiger partial charge in [0, 0.05) is 25.2 Å². The molecule has 1 fully saturated rings. The Morgan fingerprint density at radius 1 is 1.31 bits per heavy atom. The largest absolute Gasteiger partial charge is 0.341 e. The topological polar surface area (TPSA) is 85.2 Å². The van der Waals surface area contributed by atoms with Crippen molar-refractivity contribution >= 4 is 27.5 Å². The van der Waals surface area contributed by atoms with Crippen LogP contribution in [0.25, 0.3) is 11.4 Å². The van der Waals surface area contributed by atoms with Crippen molar-refractivity contribution in [2.75, 3.05) is 24.3 Å². The second-order valence-electron chi connectivity index (χ2n) is 6.27. The Hall–Kier alpha value is -1.87. The van der Waals surface area contributed by atoms with Crippen LogP contribution in [0.15, 0.2) is 35.5 Å². The minimum Gasteiger partial charge on any atom is -0.341 e. The van der Waals surface area contributed by atoms with Crippen molar-refractivity contribution in [1.82, 2.24) is 19.7 Å². The molecule has 7 nitrogen and oxygen atoms in total. The Balaban J connectivity index is 1.66. The lowest BCUT2D eigenvalue weighted by molar-refractivity contribution is -0.128. The number of nitrogens with zero attached hydrogens (tertiary/aromatic N) is 4. The standard InChI is InChI=1S/C17H22N4O3S2/c1-3-21-16(13-7-5-4-6-8-13)18-19-17(21)25-11-15(22)20(2)14-9-10-26(23,24)12-14/h4-8,14H,3,9-12H2,1-2H3/t14-/m0/s1. The summed E-state index contributed by atoms with van der Waals surface area (Å²) in [6.07, 6.45) is 0.512. The summed E-state index contributed by atoms with van der Waals surface area (Å²) in [5.74, 6) is 1.11. The van der Waals surface area contributed by atoms with Crippen molar-refractivity contribution in [1.29, 1.82) is 0 Å². The number of hydrogen-bond acceptors (Lipinski definition) is 6. The summed E-state index contributed by atoms with van der Waals surface area (Å²) in [5, 5.41) is 9.18. The van der Waals surface area contributed by atoms with Gasteiger partial charge in [-0.25, -0.2) is 8.42 Å². The Morgan fingerprint density at radius 2 is 2.04 bits per heavy atom. The van der Waals surface area contributed by atoms with Gasteiger partial charge >= 0.3 is 0 Å². The highest BCUT2D eigenvalue weighted by Gasteiger charge is 2.32. The van der Waals surface area contributed by atoms with Crippen molar-refractivity contribution in [2.24, 2.45) is 0 Å². The van der Waals surface area contributed by atoms with Gasteiger partial charge in [-0.2, -0.15) is 0 Å². The lowest BCUT2D eigenvalue weighted by Crippen LogP contribution is -2.38. The lowest BCUT2D eigenvalue weighted by Gasteiger charge is -2.23. The van der Waals surface area contributed by atoms with Gasteiger partial charge in [0.05, 0.1) is 17.3 Å². The quantitative estimate of drug-likeness (QED) is 0.694. The van der Waals surface area contributed by atoms with Crippen LogP contribution in [0, 0.1) is 0 Å². The number of amides is 1. The van der Waals surface area contributed by atoms with Crippen LogP contribution in [0.3, 0.4) is 0 Å². The molecule has 0 saturated carbocycles. The van der Waals surface area contributed by atoms with E-state index >= 15 is 0 Å². The fourth-order valence-corrected chi connectivity index (χ4v) is 5.69. The number of sulfone groups is 1. The van der Waals surface area contributed by atoms with Crippen molar-refractivity contribution < 1.29 is 13.2 Å². The average molecular weight is 395 g/mol. The predicted molar refractivity (Wildman–Crippen MR) is 102 cm³/mol. The lowest BCUT2D eigenvalue weighted by atomic mass is 10.2. The third-order valence-electron chi connectivity index (χ3n) is 4.54. The Bertz CT molecular complexity index is 881. The summed E-state index contributed by atoms with van der Waals surface area (Å²) in [6.45, 7) is 2.71. The second-order valence-corrected chi connectivity index (χ2v) is 9.44. The minimum absolute atomic E-state index is 0.0587. The van der Waals surface area contributed by atoms with E-state index in [9.17, 15) is 13.2 Å². The molecule has 0 aliphatic carbocycles. The highest BCUT2D eigenvalue weighted by Crippen LogP contribution is 2.24. The molecule has 2 heterocycles. The van der Waals surface area contributed by atoms with E-state index in [1.54, 1.807) is 11.9 Å². The van der Waals surface area contributed by atoms with E-state index in [4.69, 9.17) is 0 Å². The van der Waals surface area contributed by atoms with Crippen molar-refractivity contribution in [3.05, 3.63) is 30.3 Å². The molecule has 1 aliphatic rings. The number of carbonyl (C=O) groups is 1. The number of aromatic nitrogens is 3. The fraction of sp³-hybridized carbons (Fsp3) is 0.471. The first-order chi connectivity index (χ1) is 12.4. The molecule has 0 spiro atoms. The van der Waals surface area contributed by atoms with Crippen LogP contribution in [0.1, 0.15) is 13.3 Å². The molecule has 0 bridgehead atoms. The molecule has 9 heteroatoms. The molecule has 0 unspecified atom stereocenters. The summed E-state index contributed by atoms with van der Waals surface area (Å²) >= 11 is 1.33. The number of benzene rings is 1. The molecule has 1 aromatic carbocycles. The Kier molecular flexibility index (Phi) is 5.67. The predicted octanol–water partition coefficient (Wildman–Crippen LogP) is 1.70. The summed E-state index contributed by atoms with van der Waals surface area (Å²) in [6, 6.07) is 9.57.